The van der Waals surface area contributed by atoms with Crippen molar-refractivity contribution in [2.75, 3.05) is 13.1 Å². The molecule has 3 N–H and O–H groups in total. The molecule has 2 fully saturated rings. The Hall–Kier alpha value is -1.10. The maximum atomic E-state index is 11.8. The molecule has 1 aliphatic carbocycles. The molecule has 0 aromatic heterocycles. The fourth-order valence-corrected chi connectivity index (χ4v) is 2.66. The molecule has 2 aliphatic rings. The van der Waals surface area contributed by atoms with E-state index in [-0.39, 0.29) is 11.8 Å². The summed E-state index contributed by atoms with van der Waals surface area (Å²) in [5, 5.41) is 15.1. The van der Waals surface area contributed by atoms with Gasteiger partial charge in [0.15, 0.2) is 0 Å². The number of nitrogens with one attached hydrogen (secondary N) is 2. The summed E-state index contributed by atoms with van der Waals surface area (Å²) in [6, 6.07) is 0. The minimum absolute atomic E-state index is 0.332. The van der Waals surface area contributed by atoms with Gasteiger partial charge in [-0.15, -0.1) is 0 Å². The van der Waals surface area contributed by atoms with Crippen molar-refractivity contribution >= 4 is 11.8 Å². The normalized spacial score (nSPS) is 30.1. The van der Waals surface area contributed by atoms with Crippen LogP contribution in [0, 0.1) is 11.8 Å². The summed E-state index contributed by atoms with van der Waals surface area (Å²) in [6.07, 6.45) is 4.37. The number of aliphatic hydroxyl groups excluding tert-OH is 1. The molecule has 0 spiro atoms. The lowest BCUT2D eigenvalue weighted by atomic mass is 9.94. The summed E-state index contributed by atoms with van der Waals surface area (Å²) in [7, 11) is 0. The minimum atomic E-state index is -0.926. The van der Waals surface area contributed by atoms with Crippen molar-refractivity contribution in [1.29, 1.82) is 0 Å². The number of aliphatic hydroxyl groups is 1. The Labute approximate surface area is 101 Å². The van der Waals surface area contributed by atoms with Gasteiger partial charge in [-0.2, -0.15) is 0 Å². The zero-order valence-corrected chi connectivity index (χ0v) is 9.95. The van der Waals surface area contributed by atoms with Crippen LogP contribution in [-0.2, 0) is 9.59 Å². The molecular weight excluding hydrogens is 220 g/mol. The Morgan fingerprint density at radius 3 is 2.71 bits per heavy atom. The summed E-state index contributed by atoms with van der Waals surface area (Å²) in [5.74, 6) is -1.07. The van der Waals surface area contributed by atoms with E-state index in [1.807, 2.05) is 0 Å². The number of carbonyl (C=O) groups excluding carboxylic acids is 2. The summed E-state index contributed by atoms with van der Waals surface area (Å²) < 4.78 is 0. The molecule has 96 valence electrons. The molecular formula is C12H20N2O3. The first kappa shape index (κ1) is 12.4. The molecule has 0 radical (unpaired) electrons. The van der Waals surface area contributed by atoms with E-state index in [2.05, 4.69) is 10.6 Å². The number of hydrogen-bond donors (Lipinski definition) is 3. The fraction of sp³-hybridized carbons (Fsp3) is 0.833. The highest BCUT2D eigenvalue weighted by Gasteiger charge is 2.36. The molecule has 1 saturated carbocycles. The average molecular weight is 240 g/mol. The lowest BCUT2D eigenvalue weighted by Crippen LogP contribution is -2.52. The highest BCUT2D eigenvalue weighted by Crippen LogP contribution is 2.24. The van der Waals surface area contributed by atoms with E-state index in [9.17, 15) is 14.7 Å². The molecule has 0 bridgehead atoms. The zero-order chi connectivity index (χ0) is 12.3. The van der Waals surface area contributed by atoms with Crippen LogP contribution in [0.25, 0.3) is 0 Å². The van der Waals surface area contributed by atoms with Crippen LogP contribution in [0.15, 0.2) is 0 Å². The molecule has 17 heavy (non-hydrogen) atoms. The Balaban J connectivity index is 1.83. The highest BCUT2D eigenvalue weighted by atomic mass is 16.3. The topological polar surface area (TPSA) is 78.4 Å². The van der Waals surface area contributed by atoms with Crippen LogP contribution in [0.5, 0.6) is 0 Å². The van der Waals surface area contributed by atoms with E-state index in [0.717, 1.165) is 12.8 Å². The molecule has 2 rings (SSSR count). The summed E-state index contributed by atoms with van der Waals surface area (Å²) in [6.45, 7) is 1.09. The smallest absolute Gasteiger partial charge is 0.235 e. The van der Waals surface area contributed by atoms with E-state index in [1.54, 1.807) is 0 Å². The SMILES string of the molecule is O=C1NCCC(O)C1C(=O)NCC1CCCC1. The second-order valence-corrected chi connectivity index (χ2v) is 5.02. The van der Waals surface area contributed by atoms with Crippen molar-refractivity contribution < 1.29 is 14.7 Å². The highest BCUT2D eigenvalue weighted by molar-refractivity contribution is 6.01. The van der Waals surface area contributed by atoms with Crippen LogP contribution >= 0.6 is 0 Å². The van der Waals surface area contributed by atoms with Gasteiger partial charge >= 0.3 is 0 Å². The van der Waals surface area contributed by atoms with Crippen LogP contribution in [0.3, 0.4) is 0 Å². The quantitative estimate of drug-likeness (QED) is 0.597. The van der Waals surface area contributed by atoms with Crippen LogP contribution in [0.4, 0.5) is 0 Å². The Bertz CT molecular complexity index is 300. The second kappa shape index (κ2) is 5.49. The van der Waals surface area contributed by atoms with Crippen LogP contribution < -0.4 is 10.6 Å². The van der Waals surface area contributed by atoms with Gasteiger partial charge in [0.05, 0.1) is 6.10 Å². The summed E-state index contributed by atoms with van der Waals surface area (Å²) in [4.78, 5) is 23.4. The first-order valence-corrected chi connectivity index (χ1v) is 6.42. The zero-order valence-electron chi connectivity index (χ0n) is 9.95. The molecule has 1 heterocycles. The Kier molecular flexibility index (Phi) is 3.99. The fourth-order valence-electron chi connectivity index (χ4n) is 2.66. The van der Waals surface area contributed by atoms with Gasteiger partial charge in [0, 0.05) is 13.1 Å². The average Bonchev–Trinajstić information content (AvgIpc) is 2.79. The largest absolute Gasteiger partial charge is 0.392 e. The number of carbonyl (C=O) groups is 2. The maximum absolute atomic E-state index is 11.8. The lowest BCUT2D eigenvalue weighted by Gasteiger charge is -2.26. The molecule has 1 aliphatic heterocycles. The van der Waals surface area contributed by atoms with E-state index in [1.165, 1.54) is 12.8 Å². The van der Waals surface area contributed by atoms with Crippen molar-refractivity contribution in [3.05, 3.63) is 0 Å². The number of piperidine rings is 1. The van der Waals surface area contributed by atoms with Gasteiger partial charge in [0.1, 0.15) is 5.92 Å². The molecule has 0 aromatic carbocycles. The summed E-state index contributed by atoms with van der Waals surface area (Å²) >= 11 is 0. The lowest BCUT2D eigenvalue weighted by molar-refractivity contribution is -0.142. The third-order valence-electron chi connectivity index (χ3n) is 3.73. The molecule has 2 atom stereocenters. The number of amides is 2. The Morgan fingerprint density at radius 2 is 2.06 bits per heavy atom. The summed E-state index contributed by atoms with van der Waals surface area (Å²) in [5.41, 5.74) is 0. The van der Waals surface area contributed by atoms with Gasteiger partial charge < -0.3 is 15.7 Å². The molecule has 5 heteroatoms. The van der Waals surface area contributed by atoms with Crippen molar-refractivity contribution in [2.24, 2.45) is 11.8 Å². The predicted octanol–water partition coefficient (Wildman–Crippen LogP) is -0.210. The Morgan fingerprint density at radius 1 is 1.35 bits per heavy atom. The first-order chi connectivity index (χ1) is 8.18. The maximum Gasteiger partial charge on any atom is 0.235 e. The molecule has 5 nitrogen and oxygen atoms in total. The van der Waals surface area contributed by atoms with E-state index in [4.69, 9.17) is 0 Å². The number of rotatable bonds is 3. The van der Waals surface area contributed by atoms with E-state index in [0.29, 0.717) is 25.4 Å². The van der Waals surface area contributed by atoms with Gasteiger partial charge in [-0.25, -0.2) is 0 Å². The van der Waals surface area contributed by atoms with Gasteiger partial charge in [-0.1, -0.05) is 12.8 Å². The van der Waals surface area contributed by atoms with Crippen molar-refractivity contribution in [3.8, 4) is 0 Å². The van der Waals surface area contributed by atoms with Crippen molar-refractivity contribution in [3.63, 3.8) is 0 Å². The predicted molar refractivity (Wildman–Crippen MR) is 62.1 cm³/mol. The van der Waals surface area contributed by atoms with Crippen molar-refractivity contribution in [2.45, 2.75) is 38.2 Å². The third-order valence-corrected chi connectivity index (χ3v) is 3.73. The van der Waals surface area contributed by atoms with Crippen LogP contribution in [0.1, 0.15) is 32.1 Å². The van der Waals surface area contributed by atoms with Gasteiger partial charge in [0.25, 0.3) is 0 Å². The second-order valence-electron chi connectivity index (χ2n) is 5.02. The van der Waals surface area contributed by atoms with Crippen LogP contribution in [0.2, 0.25) is 0 Å². The van der Waals surface area contributed by atoms with Gasteiger partial charge in [0.2, 0.25) is 11.8 Å². The van der Waals surface area contributed by atoms with Gasteiger partial charge in [-0.05, 0) is 25.2 Å². The van der Waals surface area contributed by atoms with Crippen molar-refractivity contribution in [1.82, 2.24) is 10.6 Å². The third kappa shape index (κ3) is 2.97. The molecule has 2 amide bonds. The molecule has 1 saturated heterocycles. The molecule has 2 unspecified atom stereocenters. The standard InChI is InChI=1S/C12H20N2O3/c15-9-5-6-13-11(16)10(9)12(17)14-7-8-3-1-2-4-8/h8-10,15H,1-7H2,(H,13,16)(H,14,17). The van der Waals surface area contributed by atoms with Crippen LogP contribution in [-0.4, -0.2) is 36.1 Å². The van der Waals surface area contributed by atoms with E-state index < -0.39 is 12.0 Å². The van der Waals surface area contributed by atoms with Gasteiger partial charge in [-0.3, -0.25) is 9.59 Å². The monoisotopic (exact) mass is 240 g/mol. The molecule has 0 aromatic rings. The van der Waals surface area contributed by atoms with E-state index >= 15 is 0 Å². The first-order valence-electron chi connectivity index (χ1n) is 6.42. The number of hydrogen-bond acceptors (Lipinski definition) is 3. The minimum Gasteiger partial charge on any atom is -0.392 e.